The third-order valence-electron chi connectivity index (χ3n) is 5.62. The number of hydrogen-bond donors (Lipinski definition) is 0. The Balaban J connectivity index is 1.32. The van der Waals surface area contributed by atoms with E-state index in [1.54, 1.807) is 48.4 Å². The molecule has 2 aliphatic rings. The third-order valence-corrected chi connectivity index (χ3v) is 7.41. The van der Waals surface area contributed by atoms with E-state index in [0.29, 0.717) is 48.8 Å². The largest absolute Gasteiger partial charge is 0.466 e. The molecule has 3 aromatic rings. The molecule has 0 fully saturated rings. The number of amides is 1. The molecule has 0 bridgehead atoms. The average Bonchev–Trinajstić information content (AvgIpc) is 3.42. The van der Waals surface area contributed by atoms with Gasteiger partial charge >= 0.3 is 0 Å². The van der Waals surface area contributed by atoms with E-state index in [2.05, 4.69) is 0 Å². The molecule has 4 heterocycles. The summed E-state index contributed by atoms with van der Waals surface area (Å²) in [5, 5.41) is 0.758. The van der Waals surface area contributed by atoms with Crippen molar-refractivity contribution in [2.45, 2.75) is 18.7 Å². The summed E-state index contributed by atoms with van der Waals surface area (Å²) in [5.74, 6) is 1.24. The molecular formula is C21H20N2O5S. The second kappa shape index (κ2) is 6.33. The van der Waals surface area contributed by atoms with Gasteiger partial charge < -0.3 is 13.7 Å². The van der Waals surface area contributed by atoms with E-state index in [1.165, 1.54) is 4.31 Å². The van der Waals surface area contributed by atoms with Gasteiger partial charge in [0.15, 0.2) is 0 Å². The van der Waals surface area contributed by atoms with Gasteiger partial charge in [-0.15, -0.1) is 0 Å². The Labute approximate surface area is 168 Å². The highest BCUT2D eigenvalue weighted by molar-refractivity contribution is 7.89. The number of sulfonamides is 1. The van der Waals surface area contributed by atoms with Crippen LogP contribution in [0.15, 0.2) is 61.5 Å². The first-order valence-corrected chi connectivity index (χ1v) is 10.8. The Bertz CT molecular complexity index is 1260. The lowest BCUT2D eigenvalue weighted by atomic mass is 10.2. The van der Waals surface area contributed by atoms with Crippen molar-refractivity contribution in [3.05, 3.63) is 64.8 Å². The predicted molar refractivity (Wildman–Crippen MR) is 106 cm³/mol. The molecule has 150 valence electrons. The quantitative estimate of drug-likeness (QED) is 0.617. The van der Waals surface area contributed by atoms with Gasteiger partial charge in [-0.25, -0.2) is 8.42 Å². The summed E-state index contributed by atoms with van der Waals surface area (Å²) in [4.78, 5) is 14.8. The second-order valence-corrected chi connectivity index (χ2v) is 9.53. The average molecular weight is 412 g/mol. The van der Waals surface area contributed by atoms with E-state index in [0.717, 1.165) is 16.5 Å². The molecule has 2 aliphatic heterocycles. The lowest BCUT2D eigenvalue weighted by Gasteiger charge is -2.22. The highest BCUT2D eigenvalue weighted by atomic mass is 32.2. The first kappa shape index (κ1) is 18.2. The molecule has 2 aromatic heterocycles. The summed E-state index contributed by atoms with van der Waals surface area (Å²) in [7, 11) is -3.61. The van der Waals surface area contributed by atoms with Gasteiger partial charge in [0, 0.05) is 31.6 Å². The monoisotopic (exact) mass is 412 g/mol. The van der Waals surface area contributed by atoms with Gasteiger partial charge in [-0.2, -0.15) is 4.31 Å². The zero-order valence-corrected chi connectivity index (χ0v) is 17.0. The molecule has 0 saturated heterocycles. The van der Waals surface area contributed by atoms with Crippen molar-refractivity contribution in [1.82, 2.24) is 9.21 Å². The summed E-state index contributed by atoms with van der Waals surface area (Å²) in [5.41, 5.74) is 3.24. The molecule has 7 nitrogen and oxygen atoms in total. The summed E-state index contributed by atoms with van der Waals surface area (Å²) in [6.07, 6.45) is 1.54. The number of fused-ring (bicyclic) bond motifs is 1. The van der Waals surface area contributed by atoms with Crippen LogP contribution in [-0.2, 0) is 10.0 Å². The molecule has 0 spiro atoms. The predicted octanol–water partition coefficient (Wildman–Crippen LogP) is 3.10. The van der Waals surface area contributed by atoms with Crippen LogP contribution in [0.2, 0.25) is 0 Å². The van der Waals surface area contributed by atoms with Crippen molar-refractivity contribution in [1.29, 1.82) is 0 Å². The van der Waals surface area contributed by atoms with Crippen LogP contribution in [0, 0.1) is 13.8 Å². The van der Waals surface area contributed by atoms with Crippen molar-refractivity contribution in [2.75, 3.05) is 26.2 Å². The molecule has 0 N–H and O–H groups in total. The Morgan fingerprint density at radius 2 is 1.72 bits per heavy atom. The maximum atomic E-state index is 13.1. The number of rotatable bonds is 3. The van der Waals surface area contributed by atoms with Crippen LogP contribution < -0.4 is 0 Å². The lowest BCUT2D eigenvalue weighted by Crippen LogP contribution is -2.36. The number of aryl methyl sites for hydroxylation is 2. The molecule has 8 heteroatoms. The van der Waals surface area contributed by atoms with Crippen molar-refractivity contribution < 1.29 is 22.0 Å². The SMILES string of the molecule is Cc1cc(C(=O)N2CC3=C(C2)CN(S(=O)(=O)c2ccc4occc4c2)C3)c(C)o1. The molecule has 0 atom stereocenters. The molecule has 5 rings (SSSR count). The van der Waals surface area contributed by atoms with Crippen LogP contribution in [0.4, 0.5) is 0 Å². The van der Waals surface area contributed by atoms with Crippen LogP contribution in [0.1, 0.15) is 21.9 Å². The van der Waals surface area contributed by atoms with E-state index in [4.69, 9.17) is 8.83 Å². The second-order valence-electron chi connectivity index (χ2n) is 7.59. The van der Waals surface area contributed by atoms with Crippen molar-refractivity contribution in [2.24, 2.45) is 0 Å². The van der Waals surface area contributed by atoms with Gasteiger partial charge in [-0.3, -0.25) is 4.79 Å². The molecule has 1 amide bonds. The topological polar surface area (TPSA) is 84.0 Å². The molecule has 29 heavy (non-hydrogen) atoms. The summed E-state index contributed by atoms with van der Waals surface area (Å²) >= 11 is 0. The zero-order valence-electron chi connectivity index (χ0n) is 16.1. The van der Waals surface area contributed by atoms with Gasteiger partial charge in [-0.1, -0.05) is 0 Å². The van der Waals surface area contributed by atoms with E-state index in [9.17, 15) is 13.2 Å². The van der Waals surface area contributed by atoms with Gasteiger partial charge in [-0.05, 0) is 55.3 Å². The van der Waals surface area contributed by atoms with Crippen LogP contribution >= 0.6 is 0 Å². The lowest BCUT2D eigenvalue weighted by molar-refractivity contribution is 0.0791. The summed E-state index contributed by atoms with van der Waals surface area (Å²) in [6.45, 7) is 5.12. The van der Waals surface area contributed by atoms with Crippen molar-refractivity contribution in [3.8, 4) is 0 Å². The van der Waals surface area contributed by atoms with Gasteiger partial charge in [0.05, 0.1) is 16.7 Å². The van der Waals surface area contributed by atoms with Gasteiger partial charge in [0.1, 0.15) is 17.1 Å². The fourth-order valence-corrected chi connectivity index (χ4v) is 5.59. The molecular weight excluding hydrogens is 392 g/mol. The van der Waals surface area contributed by atoms with Gasteiger partial charge in [0.25, 0.3) is 5.91 Å². The number of carbonyl (C=O) groups excluding carboxylic acids is 1. The molecule has 0 aliphatic carbocycles. The van der Waals surface area contributed by atoms with E-state index >= 15 is 0 Å². The Morgan fingerprint density at radius 3 is 2.38 bits per heavy atom. The number of nitrogens with zero attached hydrogens (tertiary/aromatic N) is 2. The minimum Gasteiger partial charge on any atom is -0.466 e. The molecule has 0 unspecified atom stereocenters. The van der Waals surface area contributed by atoms with Crippen LogP contribution in [0.5, 0.6) is 0 Å². The normalized spacial score (nSPS) is 17.5. The maximum Gasteiger partial charge on any atom is 0.257 e. The minimum absolute atomic E-state index is 0.0754. The highest BCUT2D eigenvalue weighted by Crippen LogP contribution is 2.32. The third kappa shape index (κ3) is 2.90. The number of hydrogen-bond acceptors (Lipinski definition) is 5. The van der Waals surface area contributed by atoms with Crippen LogP contribution in [0.25, 0.3) is 11.0 Å². The van der Waals surface area contributed by atoms with E-state index in [1.807, 2.05) is 6.92 Å². The first-order valence-electron chi connectivity index (χ1n) is 9.36. The summed E-state index contributed by atoms with van der Waals surface area (Å²) in [6, 6.07) is 8.39. The van der Waals surface area contributed by atoms with Crippen molar-refractivity contribution in [3.63, 3.8) is 0 Å². The fraction of sp³-hybridized carbons (Fsp3) is 0.286. The van der Waals surface area contributed by atoms with E-state index < -0.39 is 10.0 Å². The number of carbonyl (C=O) groups is 1. The Morgan fingerprint density at radius 1 is 1.00 bits per heavy atom. The molecule has 1 aromatic carbocycles. The maximum absolute atomic E-state index is 13.1. The first-order chi connectivity index (χ1) is 13.8. The highest BCUT2D eigenvalue weighted by Gasteiger charge is 2.38. The molecule has 0 radical (unpaired) electrons. The molecule has 0 saturated carbocycles. The standard InChI is InChI=1S/C21H20N2O5S/c1-13-7-19(14(2)28-13)21(24)22-9-16-11-23(12-17(16)10-22)29(25,26)18-3-4-20-15(8-18)5-6-27-20/h3-8H,9-12H2,1-2H3. The zero-order chi connectivity index (χ0) is 20.3. The van der Waals surface area contributed by atoms with Gasteiger partial charge in [0.2, 0.25) is 10.0 Å². The Kier molecular flexibility index (Phi) is 3.97. The fourth-order valence-electron chi connectivity index (χ4n) is 4.13. The summed E-state index contributed by atoms with van der Waals surface area (Å²) < 4.78 is 38.4. The number of furan rings is 2. The van der Waals surface area contributed by atoms with Crippen molar-refractivity contribution >= 4 is 26.9 Å². The smallest absolute Gasteiger partial charge is 0.257 e. The number of benzene rings is 1. The van der Waals surface area contributed by atoms with E-state index in [-0.39, 0.29) is 10.8 Å². The van der Waals surface area contributed by atoms with Crippen LogP contribution in [0.3, 0.4) is 0 Å². The Hall–Kier alpha value is -2.84. The van der Waals surface area contributed by atoms with Crippen LogP contribution in [-0.4, -0.2) is 49.7 Å². The minimum atomic E-state index is -3.61.